The van der Waals surface area contributed by atoms with E-state index in [2.05, 4.69) is 10.6 Å². The maximum Gasteiger partial charge on any atom is 0.323 e. The van der Waals surface area contributed by atoms with E-state index in [0.717, 1.165) is 17.1 Å². The Labute approximate surface area is 152 Å². The summed E-state index contributed by atoms with van der Waals surface area (Å²) in [5.74, 6) is 2.20. The molecule has 5 nitrogen and oxygen atoms in total. The second-order valence-corrected chi connectivity index (χ2v) is 5.71. The Morgan fingerprint density at radius 1 is 0.808 bits per heavy atom. The largest absolute Gasteiger partial charge is 0.497 e. The molecule has 0 aliphatic rings. The third-order valence-corrected chi connectivity index (χ3v) is 3.73. The van der Waals surface area contributed by atoms with Gasteiger partial charge in [0.15, 0.2) is 0 Å². The van der Waals surface area contributed by atoms with Gasteiger partial charge < -0.3 is 20.1 Å². The summed E-state index contributed by atoms with van der Waals surface area (Å²) in [4.78, 5) is 12.2. The highest BCUT2D eigenvalue weighted by Gasteiger charge is 2.07. The standard InChI is InChI=1S/C21H20N2O3/c1-15-13-17(11-12-20(15)26-18-8-4-3-5-9-18)23-21(24)22-16-7-6-10-19(14-16)25-2/h3-14H,1-2H3,(H2,22,23,24). The molecule has 0 radical (unpaired) electrons. The summed E-state index contributed by atoms with van der Waals surface area (Å²) in [5.41, 5.74) is 2.26. The van der Waals surface area contributed by atoms with Gasteiger partial charge in [0.25, 0.3) is 0 Å². The van der Waals surface area contributed by atoms with Crippen LogP contribution in [0.1, 0.15) is 5.56 Å². The number of ether oxygens (including phenoxy) is 2. The van der Waals surface area contributed by atoms with Crippen molar-refractivity contribution in [2.24, 2.45) is 0 Å². The Bertz CT molecular complexity index is 895. The van der Waals surface area contributed by atoms with Gasteiger partial charge in [-0.25, -0.2) is 4.79 Å². The lowest BCUT2D eigenvalue weighted by atomic mass is 10.2. The summed E-state index contributed by atoms with van der Waals surface area (Å²) in [5, 5.41) is 5.59. The Kier molecular flexibility index (Phi) is 5.39. The molecule has 0 aromatic heterocycles. The highest BCUT2D eigenvalue weighted by molar-refractivity contribution is 5.99. The zero-order valence-electron chi connectivity index (χ0n) is 14.7. The van der Waals surface area contributed by atoms with Crippen molar-refractivity contribution in [1.82, 2.24) is 0 Å². The summed E-state index contributed by atoms with van der Waals surface area (Å²) in [6.45, 7) is 1.93. The van der Waals surface area contributed by atoms with Crippen molar-refractivity contribution >= 4 is 17.4 Å². The van der Waals surface area contributed by atoms with Crippen molar-refractivity contribution in [3.8, 4) is 17.2 Å². The van der Waals surface area contributed by atoms with Crippen molar-refractivity contribution in [3.63, 3.8) is 0 Å². The molecule has 3 aromatic carbocycles. The van der Waals surface area contributed by atoms with Crippen LogP contribution in [0.25, 0.3) is 0 Å². The molecule has 0 spiro atoms. The molecule has 0 aliphatic heterocycles. The quantitative estimate of drug-likeness (QED) is 0.645. The van der Waals surface area contributed by atoms with Crippen LogP contribution in [-0.4, -0.2) is 13.1 Å². The fourth-order valence-corrected chi connectivity index (χ4v) is 2.45. The number of nitrogens with one attached hydrogen (secondary N) is 2. The van der Waals surface area contributed by atoms with Crippen LogP contribution in [0.4, 0.5) is 16.2 Å². The number of para-hydroxylation sites is 1. The third kappa shape index (κ3) is 4.54. The fourth-order valence-electron chi connectivity index (χ4n) is 2.45. The minimum absolute atomic E-state index is 0.325. The molecule has 3 aromatic rings. The van der Waals surface area contributed by atoms with Crippen LogP contribution in [0.3, 0.4) is 0 Å². The minimum atomic E-state index is -0.325. The lowest BCUT2D eigenvalue weighted by Crippen LogP contribution is -2.19. The van der Waals surface area contributed by atoms with Crippen molar-refractivity contribution in [3.05, 3.63) is 78.4 Å². The van der Waals surface area contributed by atoms with Crippen molar-refractivity contribution < 1.29 is 14.3 Å². The molecule has 0 aliphatic carbocycles. The normalized spacial score (nSPS) is 10.1. The van der Waals surface area contributed by atoms with Crippen LogP contribution in [0.5, 0.6) is 17.2 Å². The average Bonchev–Trinajstić information content (AvgIpc) is 2.65. The van der Waals surface area contributed by atoms with E-state index in [9.17, 15) is 4.79 Å². The average molecular weight is 348 g/mol. The predicted octanol–water partition coefficient (Wildman–Crippen LogP) is 5.44. The first-order valence-electron chi connectivity index (χ1n) is 8.19. The Morgan fingerprint density at radius 3 is 2.19 bits per heavy atom. The lowest BCUT2D eigenvalue weighted by Gasteiger charge is -2.12. The zero-order chi connectivity index (χ0) is 18.4. The number of hydrogen-bond acceptors (Lipinski definition) is 3. The molecule has 0 unspecified atom stereocenters. The van der Waals surface area contributed by atoms with Crippen molar-refractivity contribution in [2.75, 3.05) is 17.7 Å². The number of carbonyl (C=O) groups is 1. The molecule has 0 atom stereocenters. The van der Waals surface area contributed by atoms with E-state index in [-0.39, 0.29) is 6.03 Å². The van der Waals surface area contributed by atoms with Gasteiger partial charge in [0, 0.05) is 17.4 Å². The van der Waals surface area contributed by atoms with Gasteiger partial charge in [0.05, 0.1) is 7.11 Å². The molecule has 0 fully saturated rings. The number of benzene rings is 3. The number of urea groups is 1. The Morgan fingerprint density at radius 2 is 1.50 bits per heavy atom. The number of amides is 2. The topological polar surface area (TPSA) is 59.6 Å². The van der Waals surface area contributed by atoms with Crippen LogP contribution in [0.15, 0.2) is 72.8 Å². The first-order valence-corrected chi connectivity index (χ1v) is 8.19. The molecule has 2 amide bonds. The van der Waals surface area contributed by atoms with E-state index in [1.807, 2.05) is 61.5 Å². The maximum atomic E-state index is 12.2. The number of methoxy groups -OCH3 is 1. The van der Waals surface area contributed by atoms with Crippen LogP contribution in [-0.2, 0) is 0 Å². The fraction of sp³-hybridized carbons (Fsp3) is 0.0952. The van der Waals surface area contributed by atoms with E-state index in [0.29, 0.717) is 17.1 Å². The molecule has 0 saturated heterocycles. The highest BCUT2D eigenvalue weighted by Crippen LogP contribution is 2.27. The first kappa shape index (κ1) is 17.4. The van der Waals surface area contributed by atoms with Gasteiger partial charge in [0.2, 0.25) is 0 Å². The van der Waals surface area contributed by atoms with Crippen molar-refractivity contribution in [2.45, 2.75) is 6.92 Å². The number of rotatable bonds is 5. The van der Waals surface area contributed by atoms with E-state index in [4.69, 9.17) is 9.47 Å². The molecule has 2 N–H and O–H groups in total. The predicted molar refractivity (Wildman–Crippen MR) is 103 cm³/mol. The van der Waals surface area contributed by atoms with Gasteiger partial charge in [-0.3, -0.25) is 0 Å². The molecular weight excluding hydrogens is 328 g/mol. The molecule has 132 valence electrons. The smallest absolute Gasteiger partial charge is 0.323 e. The summed E-state index contributed by atoms with van der Waals surface area (Å²) >= 11 is 0. The summed E-state index contributed by atoms with van der Waals surface area (Å²) in [7, 11) is 1.58. The van der Waals surface area contributed by atoms with Gasteiger partial charge in [-0.05, 0) is 55.0 Å². The van der Waals surface area contributed by atoms with Gasteiger partial charge in [-0.15, -0.1) is 0 Å². The zero-order valence-corrected chi connectivity index (χ0v) is 14.7. The second kappa shape index (κ2) is 8.07. The van der Waals surface area contributed by atoms with Gasteiger partial charge in [-0.2, -0.15) is 0 Å². The summed E-state index contributed by atoms with van der Waals surface area (Å²) < 4.78 is 11.0. The monoisotopic (exact) mass is 348 g/mol. The molecule has 0 heterocycles. The van der Waals surface area contributed by atoms with Crippen LogP contribution in [0.2, 0.25) is 0 Å². The van der Waals surface area contributed by atoms with Gasteiger partial charge in [0.1, 0.15) is 17.2 Å². The van der Waals surface area contributed by atoms with Crippen LogP contribution >= 0.6 is 0 Å². The van der Waals surface area contributed by atoms with Crippen LogP contribution < -0.4 is 20.1 Å². The van der Waals surface area contributed by atoms with Gasteiger partial charge >= 0.3 is 6.03 Å². The minimum Gasteiger partial charge on any atom is -0.497 e. The number of carbonyl (C=O) groups excluding carboxylic acids is 1. The number of anilines is 2. The molecule has 0 bridgehead atoms. The Balaban J connectivity index is 1.64. The first-order chi connectivity index (χ1) is 12.6. The molecule has 0 saturated carbocycles. The third-order valence-electron chi connectivity index (χ3n) is 3.73. The Hall–Kier alpha value is -3.47. The van der Waals surface area contributed by atoms with E-state index in [1.54, 1.807) is 25.3 Å². The number of hydrogen-bond donors (Lipinski definition) is 2. The molecule has 5 heteroatoms. The van der Waals surface area contributed by atoms with Crippen molar-refractivity contribution in [1.29, 1.82) is 0 Å². The SMILES string of the molecule is COc1cccc(NC(=O)Nc2ccc(Oc3ccccc3)c(C)c2)c1. The second-order valence-electron chi connectivity index (χ2n) is 5.71. The van der Waals surface area contributed by atoms with E-state index < -0.39 is 0 Å². The molecule has 3 rings (SSSR count). The summed E-state index contributed by atoms with van der Waals surface area (Å²) in [6.07, 6.45) is 0. The highest BCUT2D eigenvalue weighted by atomic mass is 16.5. The van der Waals surface area contributed by atoms with E-state index >= 15 is 0 Å². The van der Waals surface area contributed by atoms with E-state index in [1.165, 1.54) is 0 Å². The maximum absolute atomic E-state index is 12.2. The van der Waals surface area contributed by atoms with Crippen LogP contribution in [0, 0.1) is 6.92 Å². The molecular formula is C21H20N2O3. The number of aryl methyl sites for hydroxylation is 1. The lowest BCUT2D eigenvalue weighted by molar-refractivity contribution is 0.262. The molecule has 26 heavy (non-hydrogen) atoms. The summed E-state index contributed by atoms with van der Waals surface area (Å²) in [6, 6.07) is 21.9. The van der Waals surface area contributed by atoms with Gasteiger partial charge in [-0.1, -0.05) is 24.3 Å².